The highest BCUT2D eigenvalue weighted by Gasteiger charge is 2.42. The molecule has 2 aromatic rings. The minimum Gasteiger partial charge on any atom is -0.541 e. The normalized spacial score (nSPS) is 13.5. The Bertz CT molecular complexity index is 1090. The minimum atomic E-state index is -2.19. The SMILES string of the molecule is COC(=O)[C@H](Cc1ccc(O[Si](C)(C)C(C)(C)C)c(O[Si](C)(C)C(C)(C)C)c1)NC(=O)c1ccccc1. The van der Waals surface area contributed by atoms with Gasteiger partial charge in [-0.3, -0.25) is 4.79 Å². The van der Waals surface area contributed by atoms with Gasteiger partial charge in [0.1, 0.15) is 17.5 Å². The molecule has 0 aliphatic heterocycles. The van der Waals surface area contributed by atoms with Gasteiger partial charge in [-0.05, 0) is 66.1 Å². The van der Waals surface area contributed by atoms with Crippen LogP contribution in [0.4, 0.5) is 0 Å². The molecule has 0 radical (unpaired) electrons. The molecule has 37 heavy (non-hydrogen) atoms. The van der Waals surface area contributed by atoms with Gasteiger partial charge < -0.3 is 18.9 Å². The number of carbonyl (C=O) groups is 2. The summed E-state index contributed by atoms with van der Waals surface area (Å²) in [6.07, 6.45) is 0.263. The van der Waals surface area contributed by atoms with Gasteiger partial charge in [0, 0.05) is 12.0 Å². The van der Waals surface area contributed by atoms with E-state index >= 15 is 0 Å². The highest BCUT2D eigenvalue weighted by Crippen LogP contribution is 2.43. The zero-order valence-corrected chi connectivity index (χ0v) is 26.4. The number of hydrogen-bond acceptors (Lipinski definition) is 5. The van der Waals surface area contributed by atoms with E-state index in [1.165, 1.54) is 7.11 Å². The first-order chi connectivity index (χ1) is 16.9. The van der Waals surface area contributed by atoms with Crippen LogP contribution in [-0.4, -0.2) is 41.7 Å². The van der Waals surface area contributed by atoms with Gasteiger partial charge in [0.15, 0.2) is 0 Å². The maximum absolute atomic E-state index is 12.8. The fourth-order valence-corrected chi connectivity index (χ4v) is 5.14. The van der Waals surface area contributed by atoms with Crippen LogP contribution in [0.1, 0.15) is 57.5 Å². The summed E-state index contributed by atoms with van der Waals surface area (Å²) in [5, 5.41) is 2.85. The molecule has 204 valence electrons. The van der Waals surface area contributed by atoms with Crippen LogP contribution in [-0.2, 0) is 16.0 Å². The largest absolute Gasteiger partial charge is 0.541 e. The van der Waals surface area contributed by atoms with E-state index in [4.69, 9.17) is 13.6 Å². The molecule has 8 heteroatoms. The van der Waals surface area contributed by atoms with E-state index in [1.54, 1.807) is 24.3 Å². The summed E-state index contributed by atoms with van der Waals surface area (Å²) >= 11 is 0. The Hall–Kier alpha value is -2.59. The number of carbonyl (C=O) groups excluding carboxylic acids is 2. The number of rotatable bonds is 9. The number of methoxy groups -OCH3 is 1. The zero-order chi connectivity index (χ0) is 28.2. The Morgan fingerprint density at radius 2 is 1.32 bits per heavy atom. The number of nitrogens with one attached hydrogen (secondary N) is 1. The van der Waals surface area contributed by atoms with Crippen molar-refractivity contribution < 1.29 is 23.2 Å². The van der Waals surface area contributed by atoms with Crippen molar-refractivity contribution in [2.45, 2.75) is 90.3 Å². The third-order valence-corrected chi connectivity index (χ3v) is 16.3. The Labute approximate surface area is 225 Å². The second-order valence-corrected chi connectivity index (χ2v) is 22.1. The third kappa shape index (κ3) is 7.95. The number of ether oxygens (including phenoxy) is 1. The first kappa shape index (κ1) is 30.6. The van der Waals surface area contributed by atoms with Crippen molar-refractivity contribution in [3.05, 3.63) is 59.7 Å². The maximum Gasteiger partial charge on any atom is 0.328 e. The second kappa shape index (κ2) is 11.4. The van der Waals surface area contributed by atoms with E-state index in [9.17, 15) is 9.59 Å². The minimum absolute atomic E-state index is 0.00451. The van der Waals surface area contributed by atoms with Gasteiger partial charge in [-0.25, -0.2) is 4.79 Å². The Morgan fingerprint density at radius 3 is 1.81 bits per heavy atom. The van der Waals surface area contributed by atoms with Gasteiger partial charge in [0.2, 0.25) is 0 Å². The Balaban J connectivity index is 2.45. The topological polar surface area (TPSA) is 73.9 Å². The quantitative estimate of drug-likeness (QED) is 0.273. The number of esters is 1. The molecule has 1 N–H and O–H groups in total. The van der Waals surface area contributed by atoms with Gasteiger partial charge in [-0.2, -0.15) is 0 Å². The van der Waals surface area contributed by atoms with Gasteiger partial charge in [-0.1, -0.05) is 65.8 Å². The predicted octanol–water partition coefficient (Wildman–Crippen LogP) is 6.97. The van der Waals surface area contributed by atoms with Crippen molar-refractivity contribution in [3.8, 4) is 11.5 Å². The third-order valence-electron chi connectivity index (χ3n) is 7.62. The van der Waals surface area contributed by atoms with Crippen molar-refractivity contribution in [2.75, 3.05) is 7.11 Å². The van der Waals surface area contributed by atoms with Crippen LogP contribution in [0.15, 0.2) is 48.5 Å². The van der Waals surface area contributed by atoms with E-state index in [2.05, 4.69) is 73.0 Å². The fourth-order valence-electron chi connectivity index (χ4n) is 3.10. The average molecular weight is 544 g/mol. The lowest BCUT2D eigenvalue weighted by atomic mass is 10.0. The molecule has 6 nitrogen and oxygen atoms in total. The van der Waals surface area contributed by atoms with Crippen LogP contribution < -0.4 is 14.2 Å². The Kier molecular flexibility index (Phi) is 9.47. The first-order valence-electron chi connectivity index (χ1n) is 12.8. The molecule has 0 bridgehead atoms. The molecule has 0 saturated heterocycles. The summed E-state index contributed by atoms with van der Waals surface area (Å²) in [5.41, 5.74) is 1.33. The van der Waals surface area contributed by atoms with Gasteiger partial charge in [0.25, 0.3) is 22.5 Å². The first-order valence-corrected chi connectivity index (χ1v) is 18.6. The van der Waals surface area contributed by atoms with Gasteiger partial charge in [-0.15, -0.1) is 0 Å². The molecule has 0 fully saturated rings. The predicted molar refractivity (Wildman–Crippen MR) is 156 cm³/mol. The summed E-state index contributed by atoms with van der Waals surface area (Å²) < 4.78 is 18.4. The average Bonchev–Trinajstić information content (AvgIpc) is 2.78. The molecule has 0 aliphatic carbocycles. The molecule has 0 spiro atoms. The molecule has 2 rings (SSSR count). The summed E-state index contributed by atoms with van der Waals surface area (Å²) in [6.45, 7) is 22.0. The molecule has 0 aromatic heterocycles. The molecular weight excluding hydrogens is 498 g/mol. The molecule has 1 atom stereocenters. The molecule has 0 aliphatic rings. The highest BCUT2D eigenvalue weighted by atomic mass is 28.4. The number of benzene rings is 2. The zero-order valence-electron chi connectivity index (χ0n) is 24.4. The van der Waals surface area contributed by atoms with Crippen LogP contribution in [0.3, 0.4) is 0 Å². The lowest BCUT2D eigenvalue weighted by Gasteiger charge is -2.39. The molecule has 0 unspecified atom stereocenters. The van der Waals surface area contributed by atoms with Crippen LogP contribution in [0.5, 0.6) is 11.5 Å². The van der Waals surface area contributed by atoms with Gasteiger partial charge in [0.05, 0.1) is 7.11 Å². The molecule has 1 amide bonds. The van der Waals surface area contributed by atoms with Crippen LogP contribution in [0.2, 0.25) is 36.3 Å². The van der Waals surface area contributed by atoms with Crippen molar-refractivity contribution >= 4 is 28.5 Å². The molecule has 0 saturated carbocycles. The molecule has 2 aromatic carbocycles. The van der Waals surface area contributed by atoms with E-state index in [0.717, 1.165) is 11.3 Å². The van der Waals surface area contributed by atoms with E-state index < -0.39 is 28.6 Å². The van der Waals surface area contributed by atoms with Crippen LogP contribution >= 0.6 is 0 Å². The number of amides is 1. The summed E-state index contributed by atoms with van der Waals surface area (Å²) in [4.78, 5) is 25.4. The van der Waals surface area contributed by atoms with E-state index in [0.29, 0.717) is 11.3 Å². The molecule has 0 heterocycles. The van der Waals surface area contributed by atoms with Crippen LogP contribution in [0.25, 0.3) is 0 Å². The summed E-state index contributed by atoms with van der Waals surface area (Å²) in [6, 6.07) is 13.8. The summed E-state index contributed by atoms with van der Waals surface area (Å²) in [5.74, 6) is 0.583. The van der Waals surface area contributed by atoms with Crippen molar-refractivity contribution in [2.24, 2.45) is 0 Å². The standard InChI is InChI=1S/C29H45NO5Si2/c1-28(2,3)36(8,9)34-24-18-17-21(20-25(24)35-37(10,11)29(4,5)6)19-23(27(32)33-7)30-26(31)22-15-13-12-14-16-22/h12-18,20,23H,19H2,1-11H3,(H,30,31)/t23-/m0/s1. The van der Waals surface area contributed by atoms with Gasteiger partial charge >= 0.3 is 5.97 Å². The highest BCUT2D eigenvalue weighted by molar-refractivity contribution is 6.75. The van der Waals surface area contributed by atoms with E-state index in [-0.39, 0.29) is 22.4 Å². The lowest BCUT2D eigenvalue weighted by Crippen LogP contribution is -2.46. The fraction of sp³-hybridized carbons (Fsp3) is 0.517. The lowest BCUT2D eigenvalue weighted by molar-refractivity contribution is -0.142. The smallest absolute Gasteiger partial charge is 0.328 e. The van der Waals surface area contributed by atoms with Crippen molar-refractivity contribution in [1.82, 2.24) is 5.32 Å². The van der Waals surface area contributed by atoms with Crippen molar-refractivity contribution in [1.29, 1.82) is 0 Å². The second-order valence-electron chi connectivity index (χ2n) is 12.6. The van der Waals surface area contributed by atoms with Crippen molar-refractivity contribution in [3.63, 3.8) is 0 Å². The van der Waals surface area contributed by atoms with Crippen LogP contribution in [0, 0.1) is 0 Å². The Morgan fingerprint density at radius 1 is 0.811 bits per heavy atom. The number of hydrogen-bond donors (Lipinski definition) is 1. The van der Waals surface area contributed by atoms with E-state index in [1.807, 2.05) is 24.3 Å². The summed E-state index contributed by atoms with van der Waals surface area (Å²) in [7, 11) is -2.99. The molecular formula is C29H45NO5Si2. The maximum atomic E-state index is 12.8. The monoisotopic (exact) mass is 543 g/mol.